The van der Waals surface area contributed by atoms with E-state index in [2.05, 4.69) is 10.3 Å². The Bertz CT molecular complexity index is 942. The van der Waals surface area contributed by atoms with Gasteiger partial charge in [0.1, 0.15) is 5.75 Å². The van der Waals surface area contributed by atoms with Gasteiger partial charge in [0, 0.05) is 29.6 Å². The first kappa shape index (κ1) is 22.8. The van der Waals surface area contributed by atoms with Crippen LogP contribution in [0.25, 0.3) is 0 Å². The molecule has 0 saturated carbocycles. The average Bonchev–Trinajstić information content (AvgIpc) is 3.17. The van der Waals surface area contributed by atoms with Crippen molar-refractivity contribution in [1.82, 2.24) is 10.3 Å². The van der Waals surface area contributed by atoms with Crippen molar-refractivity contribution in [3.05, 3.63) is 54.4 Å². The predicted octanol–water partition coefficient (Wildman–Crippen LogP) is 3.36. The van der Waals surface area contributed by atoms with Gasteiger partial charge in [-0.25, -0.2) is 0 Å². The van der Waals surface area contributed by atoms with Crippen molar-refractivity contribution in [2.75, 3.05) is 17.8 Å². The van der Waals surface area contributed by atoms with E-state index in [0.717, 1.165) is 11.8 Å². The van der Waals surface area contributed by atoms with Gasteiger partial charge in [-0.15, -0.1) is 0 Å². The van der Waals surface area contributed by atoms with Crippen molar-refractivity contribution in [2.24, 2.45) is 5.92 Å². The SMILES string of the molecule is COc1ccc(N(C(=O)C2CSC(=O)C2)C(C(=O)NC(C)(C)C)c2ccccn2)cc1. The van der Waals surface area contributed by atoms with Crippen molar-refractivity contribution < 1.29 is 19.1 Å². The molecule has 2 aromatic rings. The summed E-state index contributed by atoms with van der Waals surface area (Å²) in [7, 11) is 1.56. The zero-order valence-electron chi connectivity index (χ0n) is 18.1. The zero-order valence-corrected chi connectivity index (χ0v) is 18.9. The Hall–Kier alpha value is -2.87. The molecule has 1 saturated heterocycles. The molecule has 2 atom stereocenters. The van der Waals surface area contributed by atoms with E-state index < -0.39 is 17.5 Å². The molecule has 31 heavy (non-hydrogen) atoms. The molecule has 7 nitrogen and oxygen atoms in total. The molecule has 164 valence electrons. The molecule has 2 unspecified atom stereocenters. The maximum absolute atomic E-state index is 13.7. The molecule has 1 N–H and O–H groups in total. The number of hydrogen-bond acceptors (Lipinski definition) is 6. The second-order valence-electron chi connectivity index (χ2n) is 8.39. The molecule has 2 amide bonds. The monoisotopic (exact) mass is 441 g/mol. The van der Waals surface area contributed by atoms with Crippen LogP contribution in [0.5, 0.6) is 5.75 Å². The number of anilines is 1. The van der Waals surface area contributed by atoms with Gasteiger partial charge in [-0.2, -0.15) is 0 Å². The highest BCUT2D eigenvalue weighted by atomic mass is 32.2. The van der Waals surface area contributed by atoms with Crippen molar-refractivity contribution in [1.29, 1.82) is 0 Å². The molecule has 1 aliphatic rings. The van der Waals surface area contributed by atoms with Gasteiger partial charge in [-0.1, -0.05) is 17.8 Å². The molecule has 1 fully saturated rings. The smallest absolute Gasteiger partial charge is 0.249 e. The van der Waals surface area contributed by atoms with Gasteiger partial charge in [0.15, 0.2) is 11.2 Å². The van der Waals surface area contributed by atoms with Crippen LogP contribution in [0.1, 0.15) is 38.9 Å². The van der Waals surface area contributed by atoms with Crippen molar-refractivity contribution in [3.63, 3.8) is 0 Å². The Morgan fingerprint density at radius 2 is 1.90 bits per heavy atom. The summed E-state index contributed by atoms with van der Waals surface area (Å²) >= 11 is 1.16. The van der Waals surface area contributed by atoms with E-state index in [-0.39, 0.29) is 23.4 Å². The number of pyridine rings is 1. The molecule has 0 aliphatic carbocycles. The number of aromatic nitrogens is 1. The van der Waals surface area contributed by atoms with Crippen LogP contribution < -0.4 is 15.0 Å². The van der Waals surface area contributed by atoms with Crippen LogP contribution in [-0.2, 0) is 14.4 Å². The fraction of sp³-hybridized carbons (Fsp3) is 0.391. The van der Waals surface area contributed by atoms with Crippen LogP contribution >= 0.6 is 11.8 Å². The van der Waals surface area contributed by atoms with Crippen LogP contribution in [0.3, 0.4) is 0 Å². The summed E-state index contributed by atoms with van der Waals surface area (Å²) in [5.41, 5.74) is 0.484. The summed E-state index contributed by atoms with van der Waals surface area (Å²) in [6.45, 7) is 5.64. The molecular formula is C23H27N3O4S. The number of methoxy groups -OCH3 is 1. The lowest BCUT2D eigenvalue weighted by atomic mass is 10.0. The highest BCUT2D eigenvalue weighted by Crippen LogP contribution is 2.34. The molecule has 0 radical (unpaired) electrons. The predicted molar refractivity (Wildman–Crippen MR) is 121 cm³/mol. The number of carbonyl (C=O) groups excluding carboxylic acids is 3. The van der Waals surface area contributed by atoms with Gasteiger partial charge < -0.3 is 10.1 Å². The van der Waals surface area contributed by atoms with Gasteiger partial charge in [-0.3, -0.25) is 24.3 Å². The minimum atomic E-state index is -0.984. The van der Waals surface area contributed by atoms with Crippen LogP contribution in [-0.4, -0.2) is 40.3 Å². The Kier molecular flexibility index (Phi) is 7.00. The lowest BCUT2D eigenvalue weighted by Crippen LogP contribution is -2.51. The van der Waals surface area contributed by atoms with Crippen LogP contribution in [0.15, 0.2) is 48.7 Å². The third-order valence-corrected chi connectivity index (χ3v) is 5.83. The highest BCUT2D eigenvalue weighted by Gasteiger charge is 2.40. The number of ether oxygens (including phenoxy) is 1. The van der Waals surface area contributed by atoms with E-state index in [4.69, 9.17) is 4.74 Å². The van der Waals surface area contributed by atoms with Crippen molar-refractivity contribution in [3.8, 4) is 5.75 Å². The Labute approximate surface area is 186 Å². The van der Waals surface area contributed by atoms with E-state index in [9.17, 15) is 14.4 Å². The third kappa shape index (κ3) is 5.64. The molecule has 1 aliphatic heterocycles. The number of benzene rings is 1. The molecule has 3 rings (SSSR count). The molecule has 1 aromatic heterocycles. The Morgan fingerprint density at radius 1 is 1.19 bits per heavy atom. The second-order valence-corrected chi connectivity index (χ2v) is 9.46. The number of rotatable bonds is 6. The highest BCUT2D eigenvalue weighted by molar-refractivity contribution is 8.14. The van der Waals surface area contributed by atoms with E-state index >= 15 is 0 Å². The van der Waals surface area contributed by atoms with Gasteiger partial charge in [-0.05, 0) is 57.2 Å². The summed E-state index contributed by atoms with van der Waals surface area (Å²) < 4.78 is 5.24. The quantitative estimate of drug-likeness (QED) is 0.740. The number of nitrogens with one attached hydrogen (secondary N) is 1. The summed E-state index contributed by atoms with van der Waals surface area (Å²) in [6, 6.07) is 11.2. The lowest BCUT2D eigenvalue weighted by Gasteiger charge is -2.34. The van der Waals surface area contributed by atoms with Gasteiger partial charge >= 0.3 is 0 Å². The van der Waals surface area contributed by atoms with E-state index in [0.29, 0.717) is 22.9 Å². The first-order chi connectivity index (χ1) is 14.7. The number of carbonyl (C=O) groups is 3. The maximum Gasteiger partial charge on any atom is 0.249 e. The Morgan fingerprint density at radius 3 is 2.42 bits per heavy atom. The summed E-state index contributed by atoms with van der Waals surface area (Å²) in [4.78, 5) is 44.8. The number of nitrogens with zero attached hydrogens (tertiary/aromatic N) is 2. The first-order valence-corrected chi connectivity index (χ1v) is 11.0. The molecule has 1 aromatic carbocycles. The summed E-state index contributed by atoms with van der Waals surface area (Å²) in [5, 5.41) is 2.96. The van der Waals surface area contributed by atoms with E-state index in [1.165, 1.54) is 4.90 Å². The standard InChI is InChI=1S/C23H27N3O4S/c1-23(2,3)25-21(28)20(18-7-5-6-12-24-18)26(16-8-10-17(30-4)11-9-16)22(29)15-13-19(27)31-14-15/h5-12,15,20H,13-14H2,1-4H3,(H,25,28). The van der Waals surface area contributed by atoms with Gasteiger partial charge in [0.05, 0.1) is 18.7 Å². The Balaban J connectivity index is 2.10. The van der Waals surface area contributed by atoms with Crippen LogP contribution in [0, 0.1) is 5.92 Å². The minimum Gasteiger partial charge on any atom is -0.497 e. The fourth-order valence-electron chi connectivity index (χ4n) is 3.37. The maximum atomic E-state index is 13.7. The lowest BCUT2D eigenvalue weighted by molar-refractivity contribution is -0.129. The number of hydrogen-bond donors (Lipinski definition) is 1. The molecule has 8 heteroatoms. The molecule has 0 spiro atoms. The molecular weight excluding hydrogens is 414 g/mol. The summed E-state index contributed by atoms with van der Waals surface area (Å²) in [5.74, 6) is -0.0692. The van der Waals surface area contributed by atoms with Crippen LogP contribution in [0.4, 0.5) is 5.69 Å². The van der Waals surface area contributed by atoms with Crippen LogP contribution in [0.2, 0.25) is 0 Å². The van der Waals surface area contributed by atoms with E-state index in [1.807, 2.05) is 20.8 Å². The normalized spacial score (nSPS) is 17.2. The molecule has 0 bridgehead atoms. The number of amides is 2. The number of thioether (sulfide) groups is 1. The molecule has 2 heterocycles. The summed E-state index contributed by atoms with van der Waals surface area (Å²) in [6.07, 6.45) is 1.75. The van der Waals surface area contributed by atoms with E-state index in [1.54, 1.807) is 55.8 Å². The first-order valence-electron chi connectivity index (χ1n) is 10.1. The zero-order chi connectivity index (χ0) is 22.6. The second kappa shape index (κ2) is 9.51. The van der Waals surface area contributed by atoms with Crippen molar-refractivity contribution in [2.45, 2.75) is 38.8 Å². The average molecular weight is 442 g/mol. The third-order valence-electron chi connectivity index (χ3n) is 4.77. The fourth-order valence-corrected chi connectivity index (χ4v) is 4.34. The topological polar surface area (TPSA) is 88.6 Å². The minimum absolute atomic E-state index is 0.0124. The van der Waals surface area contributed by atoms with Gasteiger partial charge in [0.2, 0.25) is 11.8 Å². The van der Waals surface area contributed by atoms with Crippen molar-refractivity contribution >= 4 is 34.4 Å². The van der Waals surface area contributed by atoms with Gasteiger partial charge in [0.25, 0.3) is 0 Å². The largest absolute Gasteiger partial charge is 0.497 e.